The molecule has 0 aliphatic rings. The van der Waals surface area contributed by atoms with Gasteiger partial charge in [-0.2, -0.15) is 0 Å². The van der Waals surface area contributed by atoms with E-state index in [9.17, 15) is 4.39 Å². The molecule has 0 radical (unpaired) electrons. The number of hydrogen-bond donors (Lipinski definition) is 2. The molecule has 0 saturated heterocycles. The van der Waals surface area contributed by atoms with E-state index in [1.165, 1.54) is 12.1 Å². The SMILES string of the molecule is CCNC(=NCc1ccc(OC)cc1)NCC(c1ccc(F)cc1)N(C)C.I. The lowest BCUT2D eigenvalue weighted by atomic mass is 10.1. The van der Waals surface area contributed by atoms with Crippen molar-refractivity contribution in [1.29, 1.82) is 0 Å². The molecule has 2 N–H and O–H groups in total. The van der Waals surface area contributed by atoms with Gasteiger partial charge in [-0.1, -0.05) is 24.3 Å². The van der Waals surface area contributed by atoms with Crippen LogP contribution in [0.3, 0.4) is 0 Å². The monoisotopic (exact) mass is 500 g/mol. The molecule has 0 amide bonds. The Balaban J connectivity index is 0.00000392. The Bertz CT molecular complexity index is 720. The largest absolute Gasteiger partial charge is 0.497 e. The summed E-state index contributed by atoms with van der Waals surface area (Å²) in [5, 5.41) is 6.65. The molecule has 1 unspecified atom stereocenters. The number of rotatable bonds is 8. The van der Waals surface area contributed by atoms with E-state index in [2.05, 4.69) is 20.5 Å². The Morgan fingerprint density at radius 2 is 1.71 bits per heavy atom. The van der Waals surface area contributed by atoms with Gasteiger partial charge in [0.15, 0.2) is 5.96 Å². The van der Waals surface area contributed by atoms with Gasteiger partial charge in [-0.3, -0.25) is 0 Å². The molecule has 154 valence electrons. The van der Waals surface area contributed by atoms with Crippen molar-refractivity contribution in [2.24, 2.45) is 4.99 Å². The number of halogens is 2. The van der Waals surface area contributed by atoms with E-state index in [1.54, 1.807) is 7.11 Å². The Hall–Kier alpha value is -1.87. The van der Waals surface area contributed by atoms with Gasteiger partial charge in [-0.05, 0) is 56.4 Å². The van der Waals surface area contributed by atoms with E-state index in [0.717, 1.165) is 29.4 Å². The zero-order valence-electron chi connectivity index (χ0n) is 16.9. The predicted molar refractivity (Wildman–Crippen MR) is 124 cm³/mol. The molecule has 0 fully saturated rings. The Labute approximate surface area is 184 Å². The van der Waals surface area contributed by atoms with Gasteiger partial charge in [-0.15, -0.1) is 24.0 Å². The highest BCUT2D eigenvalue weighted by Gasteiger charge is 2.14. The van der Waals surface area contributed by atoms with Gasteiger partial charge < -0.3 is 20.3 Å². The number of hydrogen-bond acceptors (Lipinski definition) is 3. The van der Waals surface area contributed by atoms with E-state index < -0.39 is 0 Å². The summed E-state index contributed by atoms with van der Waals surface area (Å²) in [6.45, 7) is 4.04. The smallest absolute Gasteiger partial charge is 0.191 e. The summed E-state index contributed by atoms with van der Waals surface area (Å²) in [6.07, 6.45) is 0. The molecule has 0 spiro atoms. The Morgan fingerprint density at radius 1 is 1.07 bits per heavy atom. The second kappa shape index (κ2) is 12.6. The first-order valence-corrected chi connectivity index (χ1v) is 9.10. The summed E-state index contributed by atoms with van der Waals surface area (Å²) >= 11 is 0. The van der Waals surface area contributed by atoms with Crippen LogP contribution in [0.25, 0.3) is 0 Å². The van der Waals surface area contributed by atoms with Crippen molar-refractivity contribution in [3.63, 3.8) is 0 Å². The maximum atomic E-state index is 13.2. The number of guanidine groups is 1. The minimum Gasteiger partial charge on any atom is -0.497 e. The van der Waals surface area contributed by atoms with Crippen LogP contribution in [0, 0.1) is 5.82 Å². The fourth-order valence-corrected chi connectivity index (χ4v) is 2.72. The van der Waals surface area contributed by atoms with Gasteiger partial charge in [0.25, 0.3) is 0 Å². The summed E-state index contributed by atoms with van der Waals surface area (Å²) in [5.74, 6) is 1.36. The van der Waals surface area contributed by atoms with Crippen LogP contribution in [-0.2, 0) is 6.54 Å². The van der Waals surface area contributed by atoms with Crippen LogP contribution < -0.4 is 15.4 Å². The quantitative estimate of drug-likeness (QED) is 0.329. The first-order valence-electron chi connectivity index (χ1n) is 9.10. The van der Waals surface area contributed by atoms with Crippen LogP contribution in [0.5, 0.6) is 5.75 Å². The number of methoxy groups -OCH3 is 1. The first-order chi connectivity index (χ1) is 13.0. The van der Waals surface area contributed by atoms with Crippen LogP contribution in [0.1, 0.15) is 24.1 Å². The summed E-state index contributed by atoms with van der Waals surface area (Å²) < 4.78 is 18.4. The topological polar surface area (TPSA) is 48.9 Å². The molecule has 28 heavy (non-hydrogen) atoms. The van der Waals surface area contributed by atoms with Gasteiger partial charge in [0.2, 0.25) is 0 Å². The number of nitrogens with zero attached hydrogens (tertiary/aromatic N) is 2. The molecule has 0 heterocycles. The van der Waals surface area contributed by atoms with Crippen LogP contribution in [0.15, 0.2) is 53.5 Å². The van der Waals surface area contributed by atoms with Gasteiger partial charge in [0.05, 0.1) is 19.7 Å². The summed E-state index contributed by atoms with van der Waals surface area (Å²) in [7, 11) is 5.68. The molecular weight excluding hydrogens is 470 g/mol. The molecule has 0 aliphatic carbocycles. The molecule has 1 atom stereocenters. The summed E-state index contributed by atoms with van der Waals surface area (Å²) in [4.78, 5) is 6.76. The average Bonchev–Trinajstić information content (AvgIpc) is 2.67. The normalized spacial score (nSPS) is 12.3. The van der Waals surface area contributed by atoms with E-state index in [4.69, 9.17) is 4.74 Å². The highest BCUT2D eigenvalue weighted by atomic mass is 127. The molecule has 2 rings (SSSR count). The maximum absolute atomic E-state index is 13.2. The molecule has 0 saturated carbocycles. The lowest BCUT2D eigenvalue weighted by molar-refractivity contribution is 0.298. The van der Waals surface area contributed by atoms with Gasteiger partial charge >= 0.3 is 0 Å². The van der Waals surface area contributed by atoms with E-state index >= 15 is 0 Å². The zero-order chi connectivity index (χ0) is 19.6. The first kappa shape index (κ1) is 24.2. The van der Waals surface area contributed by atoms with Crippen LogP contribution in [0.4, 0.5) is 4.39 Å². The molecule has 2 aromatic rings. The van der Waals surface area contributed by atoms with Gasteiger partial charge in [-0.25, -0.2) is 9.38 Å². The van der Waals surface area contributed by atoms with Crippen LogP contribution in [0.2, 0.25) is 0 Å². The van der Waals surface area contributed by atoms with Gasteiger partial charge in [0.1, 0.15) is 11.6 Å². The minimum atomic E-state index is -0.224. The van der Waals surface area contributed by atoms with Crippen molar-refractivity contribution in [1.82, 2.24) is 15.5 Å². The fourth-order valence-electron chi connectivity index (χ4n) is 2.72. The lowest BCUT2D eigenvalue weighted by Gasteiger charge is -2.26. The lowest BCUT2D eigenvalue weighted by Crippen LogP contribution is -2.41. The number of aliphatic imine (C=N–C) groups is 1. The molecule has 7 heteroatoms. The van der Waals surface area contributed by atoms with Crippen molar-refractivity contribution in [3.8, 4) is 5.75 Å². The second-order valence-corrected chi connectivity index (χ2v) is 6.46. The summed E-state index contributed by atoms with van der Waals surface area (Å²) in [6, 6.07) is 14.6. The van der Waals surface area contributed by atoms with Crippen molar-refractivity contribution in [2.45, 2.75) is 19.5 Å². The van der Waals surface area contributed by atoms with Crippen LogP contribution >= 0.6 is 24.0 Å². The zero-order valence-corrected chi connectivity index (χ0v) is 19.2. The van der Waals surface area contributed by atoms with Crippen molar-refractivity contribution >= 4 is 29.9 Å². The van der Waals surface area contributed by atoms with Gasteiger partial charge in [0, 0.05) is 13.1 Å². The number of benzene rings is 2. The van der Waals surface area contributed by atoms with E-state index in [0.29, 0.717) is 13.1 Å². The maximum Gasteiger partial charge on any atom is 0.191 e. The molecule has 2 aromatic carbocycles. The molecule has 0 bridgehead atoms. The molecule has 0 aromatic heterocycles. The number of ether oxygens (including phenoxy) is 1. The number of likely N-dealkylation sites (N-methyl/N-ethyl adjacent to an activating group) is 1. The Morgan fingerprint density at radius 3 is 2.25 bits per heavy atom. The molecular formula is C21H30FIN4O. The highest BCUT2D eigenvalue weighted by Crippen LogP contribution is 2.17. The van der Waals surface area contributed by atoms with E-state index in [1.807, 2.05) is 57.4 Å². The third kappa shape index (κ3) is 7.63. The minimum absolute atomic E-state index is 0. The standard InChI is InChI=1S/C21H29FN4O.HI/c1-5-23-21(24-14-16-6-12-19(27-4)13-7-16)25-15-20(26(2)3)17-8-10-18(22)11-9-17;/h6-13,20H,5,14-15H2,1-4H3,(H2,23,24,25);1H. The summed E-state index contributed by atoms with van der Waals surface area (Å²) in [5.41, 5.74) is 2.16. The van der Waals surface area contributed by atoms with Crippen molar-refractivity contribution in [2.75, 3.05) is 34.3 Å². The van der Waals surface area contributed by atoms with E-state index in [-0.39, 0.29) is 35.8 Å². The van der Waals surface area contributed by atoms with Crippen molar-refractivity contribution < 1.29 is 9.13 Å². The number of nitrogens with one attached hydrogen (secondary N) is 2. The third-order valence-electron chi connectivity index (χ3n) is 4.26. The van der Waals surface area contributed by atoms with Crippen LogP contribution in [-0.4, -0.2) is 45.2 Å². The predicted octanol–water partition coefficient (Wildman–Crippen LogP) is 3.81. The molecule has 0 aliphatic heterocycles. The molecule has 5 nitrogen and oxygen atoms in total. The second-order valence-electron chi connectivity index (χ2n) is 6.46. The third-order valence-corrected chi connectivity index (χ3v) is 4.26. The highest BCUT2D eigenvalue weighted by molar-refractivity contribution is 14.0. The van der Waals surface area contributed by atoms with Crippen molar-refractivity contribution in [3.05, 3.63) is 65.5 Å². The fraction of sp³-hybridized carbons (Fsp3) is 0.381. The average molecular weight is 500 g/mol. The Kier molecular flexibility index (Phi) is 10.8.